The first kappa shape index (κ1) is 24.6. The number of anilines is 1. The fourth-order valence-corrected chi connectivity index (χ4v) is 3.47. The van der Waals surface area contributed by atoms with E-state index in [4.69, 9.17) is 23.8 Å². The zero-order valence-electron chi connectivity index (χ0n) is 19.9. The van der Waals surface area contributed by atoms with E-state index in [-0.39, 0.29) is 6.79 Å². The van der Waals surface area contributed by atoms with Crippen LogP contribution >= 0.6 is 0 Å². The van der Waals surface area contributed by atoms with Gasteiger partial charge in [0.25, 0.3) is 5.91 Å². The maximum Gasteiger partial charge on any atom is 0.348 e. The van der Waals surface area contributed by atoms with Gasteiger partial charge in [-0.25, -0.2) is 4.79 Å². The highest BCUT2D eigenvalue weighted by Crippen LogP contribution is 2.32. The van der Waals surface area contributed by atoms with Gasteiger partial charge in [0, 0.05) is 11.1 Å². The number of amides is 1. The summed E-state index contributed by atoms with van der Waals surface area (Å²) < 4.78 is 21.7. The molecule has 0 bridgehead atoms. The molecule has 0 aromatic heterocycles. The first-order chi connectivity index (χ1) is 17.5. The van der Waals surface area contributed by atoms with Crippen molar-refractivity contribution >= 4 is 23.3 Å². The van der Waals surface area contributed by atoms with Gasteiger partial charge in [-0.15, -0.1) is 0 Å². The molecule has 9 heteroatoms. The number of rotatable bonds is 10. The molecule has 0 aliphatic carbocycles. The van der Waals surface area contributed by atoms with Crippen LogP contribution < -0.4 is 19.5 Å². The van der Waals surface area contributed by atoms with Crippen molar-refractivity contribution in [3.8, 4) is 17.2 Å². The van der Waals surface area contributed by atoms with Crippen LogP contribution in [0.25, 0.3) is 0 Å². The Morgan fingerprint density at radius 3 is 2.56 bits per heavy atom. The molecule has 1 heterocycles. The number of hydrogen-bond donors (Lipinski definition) is 1. The highest BCUT2D eigenvalue weighted by atomic mass is 16.7. The van der Waals surface area contributed by atoms with E-state index in [1.54, 1.807) is 73.7 Å². The van der Waals surface area contributed by atoms with Crippen molar-refractivity contribution < 1.29 is 33.4 Å². The summed E-state index contributed by atoms with van der Waals surface area (Å²) >= 11 is 0. The molecule has 0 saturated heterocycles. The van der Waals surface area contributed by atoms with Gasteiger partial charge in [-0.1, -0.05) is 47.6 Å². The van der Waals surface area contributed by atoms with E-state index in [0.29, 0.717) is 40.8 Å². The summed E-state index contributed by atoms with van der Waals surface area (Å²) in [5.41, 5.74) is 2.27. The van der Waals surface area contributed by atoms with Crippen molar-refractivity contribution in [2.45, 2.75) is 20.0 Å². The number of oxime groups is 1. The van der Waals surface area contributed by atoms with E-state index in [1.165, 1.54) is 0 Å². The topological polar surface area (TPSA) is 105 Å². The molecule has 186 valence electrons. The van der Waals surface area contributed by atoms with Crippen molar-refractivity contribution in [1.82, 2.24) is 0 Å². The molecular formula is C27H26N2O7. The maximum absolute atomic E-state index is 13.1. The van der Waals surface area contributed by atoms with E-state index in [9.17, 15) is 9.59 Å². The van der Waals surface area contributed by atoms with Gasteiger partial charge in [-0.05, 0) is 44.2 Å². The zero-order chi connectivity index (χ0) is 25.3. The van der Waals surface area contributed by atoms with Gasteiger partial charge in [0.1, 0.15) is 5.75 Å². The molecule has 0 radical (unpaired) electrons. The van der Waals surface area contributed by atoms with E-state index >= 15 is 0 Å². The van der Waals surface area contributed by atoms with Gasteiger partial charge < -0.3 is 29.1 Å². The minimum atomic E-state index is -1.20. The summed E-state index contributed by atoms with van der Waals surface area (Å²) in [7, 11) is 0. The molecule has 1 unspecified atom stereocenters. The van der Waals surface area contributed by atoms with Gasteiger partial charge >= 0.3 is 5.97 Å². The molecule has 3 aromatic carbocycles. The van der Waals surface area contributed by atoms with Crippen LogP contribution in [0.1, 0.15) is 31.1 Å². The third kappa shape index (κ3) is 6.12. The van der Waals surface area contributed by atoms with Crippen molar-refractivity contribution in [2.24, 2.45) is 5.16 Å². The molecule has 36 heavy (non-hydrogen) atoms. The minimum Gasteiger partial charge on any atom is -0.492 e. The number of carbonyl (C=O) groups excluding carboxylic acids is 2. The Hall–Kier alpha value is -4.53. The second-order valence-electron chi connectivity index (χ2n) is 7.72. The molecule has 1 atom stereocenters. The van der Waals surface area contributed by atoms with Crippen LogP contribution in [0.3, 0.4) is 0 Å². The molecule has 0 saturated carbocycles. The summed E-state index contributed by atoms with van der Waals surface area (Å²) in [5, 5.41) is 6.77. The molecular weight excluding hydrogens is 464 g/mol. The lowest BCUT2D eigenvalue weighted by atomic mass is 10.1. The SMILES string of the molecule is CCOc1ccccc1NC(=O)C(OC(=O)CO/N=C(\C)c1ccc2c(c1)OCO2)c1ccccc1. The Bertz CT molecular complexity index is 1240. The average molecular weight is 491 g/mol. The number of fused-ring (bicyclic) bond motifs is 1. The quantitative estimate of drug-likeness (QED) is 0.254. The lowest BCUT2D eigenvalue weighted by molar-refractivity contribution is -0.159. The number of nitrogens with one attached hydrogen (secondary N) is 1. The largest absolute Gasteiger partial charge is 0.492 e. The van der Waals surface area contributed by atoms with E-state index < -0.39 is 24.6 Å². The minimum absolute atomic E-state index is 0.171. The summed E-state index contributed by atoms with van der Waals surface area (Å²) in [6, 6.07) is 21.1. The monoisotopic (exact) mass is 490 g/mol. The summed E-state index contributed by atoms with van der Waals surface area (Å²) in [6.07, 6.45) is -1.20. The van der Waals surface area contributed by atoms with Crippen molar-refractivity contribution in [3.05, 3.63) is 83.9 Å². The van der Waals surface area contributed by atoms with Gasteiger partial charge in [0.2, 0.25) is 19.5 Å². The Labute approximate surface area is 208 Å². The summed E-state index contributed by atoms with van der Waals surface area (Å²) in [4.78, 5) is 30.9. The predicted molar refractivity (Wildman–Crippen MR) is 132 cm³/mol. The van der Waals surface area contributed by atoms with Gasteiger partial charge in [-0.3, -0.25) is 4.79 Å². The van der Waals surface area contributed by atoms with Crippen molar-refractivity contribution in [3.63, 3.8) is 0 Å². The summed E-state index contributed by atoms with van der Waals surface area (Å²) in [5.74, 6) is 0.512. The van der Waals surface area contributed by atoms with Crippen LogP contribution in [0.2, 0.25) is 0 Å². The van der Waals surface area contributed by atoms with Crippen LogP contribution in [-0.2, 0) is 19.2 Å². The number of para-hydroxylation sites is 2. The number of benzene rings is 3. The normalized spacial score (nSPS) is 13.0. The van der Waals surface area contributed by atoms with Crippen LogP contribution in [0.15, 0.2) is 78.0 Å². The predicted octanol–water partition coefficient (Wildman–Crippen LogP) is 4.48. The first-order valence-electron chi connectivity index (χ1n) is 11.4. The number of nitrogens with zero attached hydrogens (tertiary/aromatic N) is 1. The van der Waals surface area contributed by atoms with Crippen molar-refractivity contribution in [2.75, 3.05) is 25.3 Å². The van der Waals surface area contributed by atoms with E-state index in [0.717, 1.165) is 5.56 Å². The molecule has 3 aromatic rings. The first-order valence-corrected chi connectivity index (χ1v) is 11.4. The Morgan fingerprint density at radius 1 is 1.00 bits per heavy atom. The molecule has 4 rings (SSSR count). The Morgan fingerprint density at radius 2 is 1.75 bits per heavy atom. The summed E-state index contributed by atoms with van der Waals surface area (Å²) in [6.45, 7) is 3.72. The number of carbonyl (C=O) groups is 2. The second kappa shape index (κ2) is 11.7. The third-order valence-corrected chi connectivity index (χ3v) is 5.21. The number of hydrogen-bond acceptors (Lipinski definition) is 8. The zero-order valence-corrected chi connectivity index (χ0v) is 19.9. The number of ether oxygens (including phenoxy) is 4. The highest BCUT2D eigenvalue weighted by Gasteiger charge is 2.26. The van der Waals surface area contributed by atoms with Crippen molar-refractivity contribution in [1.29, 1.82) is 0 Å². The molecule has 1 amide bonds. The van der Waals surface area contributed by atoms with Crippen LogP contribution in [0.5, 0.6) is 17.2 Å². The smallest absolute Gasteiger partial charge is 0.348 e. The third-order valence-electron chi connectivity index (χ3n) is 5.21. The molecule has 0 spiro atoms. The van der Waals surface area contributed by atoms with Gasteiger partial charge in [0.05, 0.1) is 18.0 Å². The molecule has 1 N–H and O–H groups in total. The fourth-order valence-electron chi connectivity index (χ4n) is 3.47. The average Bonchev–Trinajstić information content (AvgIpc) is 3.37. The number of esters is 1. The molecule has 0 fully saturated rings. The standard InChI is InChI=1S/C27H26N2O7/c1-3-32-22-12-8-7-11-21(22)28-27(31)26(19-9-5-4-6-10-19)36-25(30)16-35-29-18(2)20-13-14-23-24(15-20)34-17-33-23/h4-15,26H,3,16-17H2,1-2H3,(H,28,31)/b29-18+. The Kier molecular flexibility index (Phi) is 8.02. The van der Waals surface area contributed by atoms with Crippen LogP contribution in [0, 0.1) is 0 Å². The lowest BCUT2D eigenvalue weighted by Gasteiger charge is -2.19. The van der Waals surface area contributed by atoms with Gasteiger partial charge in [-0.2, -0.15) is 0 Å². The lowest BCUT2D eigenvalue weighted by Crippen LogP contribution is -2.27. The molecule has 1 aliphatic rings. The van der Waals surface area contributed by atoms with Gasteiger partial charge in [0.15, 0.2) is 11.5 Å². The Balaban J connectivity index is 1.41. The van der Waals surface area contributed by atoms with Crippen LogP contribution in [0.4, 0.5) is 5.69 Å². The highest BCUT2D eigenvalue weighted by molar-refractivity contribution is 5.99. The van der Waals surface area contributed by atoms with E-state index in [2.05, 4.69) is 10.5 Å². The maximum atomic E-state index is 13.1. The van der Waals surface area contributed by atoms with Crippen LogP contribution in [-0.4, -0.2) is 37.6 Å². The second-order valence-corrected chi connectivity index (χ2v) is 7.72. The fraction of sp³-hybridized carbons (Fsp3) is 0.222. The molecule has 9 nitrogen and oxygen atoms in total. The van der Waals surface area contributed by atoms with E-state index in [1.807, 2.05) is 13.0 Å². The molecule has 1 aliphatic heterocycles.